The number of aromatic nitrogens is 4. The lowest BCUT2D eigenvalue weighted by molar-refractivity contribution is 0.0985. The topological polar surface area (TPSA) is 86.6 Å². The molecule has 184 valence electrons. The number of para-hydroxylation sites is 3. The molecule has 1 aliphatic rings. The van der Waals surface area contributed by atoms with Crippen molar-refractivity contribution in [1.29, 1.82) is 0 Å². The summed E-state index contributed by atoms with van der Waals surface area (Å²) < 4.78 is 0. The number of H-pyrrole nitrogens is 2. The highest BCUT2D eigenvalue weighted by Gasteiger charge is 2.33. The van der Waals surface area contributed by atoms with E-state index in [0.29, 0.717) is 12.6 Å². The molecule has 2 unspecified atom stereocenters. The molecule has 0 saturated heterocycles. The van der Waals surface area contributed by atoms with Crippen LogP contribution in [0.15, 0.2) is 73.1 Å². The molecule has 2 aromatic carbocycles. The Morgan fingerprint density at radius 1 is 1.03 bits per heavy atom. The smallest absolute Gasteiger partial charge is 0.108 e. The molecular weight excluding hydrogens is 444 g/mol. The first-order valence-electron chi connectivity index (χ1n) is 13.2. The van der Waals surface area contributed by atoms with Crippen LogP contribution in [0.4, 0.5) is 0 Å². The Morgan fingerprint density at radius 3 is 2.78 bits per heavy atom. The molecule has 3 aromatic heterocycles. The van der Waals surface area contributed by atoms with E-state index < -0.39 is 0 Å². The molecule has 0 radical (unpaired) electrons. The van der Waals surface area contributed by atoms with E-state index in [1.54, 1.807) is 0 Å². The summed E-state index contributed by atoms with van der Waals surface area (Å²) in [4.78, 5) is 19.6. The number of hydrogen-bond acceptors (Lipinski definition) is 4. The van der Waals surface area contributed by atoms with Crippen molar-refractivity contribution in [2.45, 2.75) is 57.2 Å². The zero-order chi connectivity index (χ0) is 24.3. The predicted octanol–water partition coefficient (Wildman–Crippen LogP) is 5.67. The summed E-state index contributed by atoms with van der Waals surface area (Å²) in [5, 5.41) is 1.29. The highest BCUT2D eigenvalue weighted by molar-refractivity contribution is 5.83. The Balaban J connectivity index is 1.40. The van der Waals surface area contributed by atoms with Crippen LogP contribution in [0, 0.1) is 0 Å². The summed E-state index contributed by atoms with van der Waals surface area (Å²) >= 11 is 0. The molecule has 0 amide bonds. The van der Waals surface area contributed by atoms with E-state index in [1.807, 2.05) is 12.3 Å². The van der Waals surface area contributed by atoms with Gasteiger partial charge in [-0.1, -0.05) is 36.4 Å². The van der Waals surface area contributed by atoms with Gasteiger partial charge in [0.15, 0.2) is 0 Å². The quantitative estimate of drug-likeness (QED) is 0.255. The van der Waals surface area contributed by atoms with Gasteiger partial charge in [0.25, 0.3) is 0 Å². The second kappa shape index (κ2) is 10.2. The SMILES string of the molecule is NCCCC(Cc1nc2ccccc2[nH]1)N(Cc1c[nH]c2ccccc12)C1CCCc2cccnc21. The molecular formula is C30H34N6. The van der Waals surface area contributed by atoms with Gasteiger partial charge in [-0.3, -0.25) is 9.88 Å². The van der Waals surface area contributed by atoms with Gasteiger partial charge in [0.05, 0.1) is 22.8 Å². The van der Waals surface area contributed by atoms with Crippen LogP contribution in [0.1, 0.15) is 54.4 Å². The van der Waals surface area contributed by atoms with Gasteiger partial charge in [-0.05, 0) is 74.0 Å². The monoisotopic (exact) mass is 478 g/mol. The summed E-state index contributed by atoms with van der Waals surface area (Å²) in [6, 6.07) is 21.8. The average Bonchev–Trinajstić information content (AvgIpc) is 3.53. The van der Waals surface area contributed by atoms with E-state index in [-0.39, 0.29) is 6.04 Å². The van der Waals surface area contributed by atoms with Crippen LogP contribution in [0.3, 0.4) is 0 Å². The third-order valence-electron chi connectivity index (χ3n) is 7.67. The lowest BCUT2D eigenvalue weighted by atomic mass is 9.88. The molecule has 5 aromatic rings. The number of nitrogens with one attached hydrogen (secondary N) is 2. The van der Waals surface area contributed by atoms with Gasteiger partial charge >= 0.3 is 0 Å². The van der Waals surface area contributed by atoms with Crippen LogP contribution in [-0.4, -0.2) is 37.4 Å². The second-order valence-electron chi connectivity index (χ2n) is 9.98. The number of hydrogen-bond donors (Lipinski definition) is 3. The van der Waals surface area contributed by atoms with Crippen molar-refractivity contribution < 1.29 is 0 Å². The fraction of sp³-hybridized carbons (Fsp3) is 0.333. The molecule has 3 heterocycles. The summed E-state index contributed by atoms with van der Waals surface area (Å²) in [7, 11) is 0. The maximum absolute atomic E-state index is 6.04. The summed E-state index contributed by atoms with van der Waals surface area (Å²) in [6.45, 7) is 1.55. The Morgan fingerprint density at radius 2 is 1.89 bits per heavy atom. The molecule has 0 spiro atoms. The number of aromatic amines is 2. The highest BCUT2D eigenvalue weighted by Crippen LogP contribution is 2.37. The van der Waals surface area contributed by atoms with Gasteiger partial charge < -0.3 is 15.7 Å². The van der Waals surface area contributed by atoms with Crippen molar-refractivity contribution in [1.82, 2.24) is 24.8 Å². The molecule has 4 N–H and O–H groups in total. The van der Waals surface area contributed by atoms with Gasteiger partial charge in [-0.2, -0.15) is 0 Å². The second-order valence-corrected chi connectivity index (χ2v) is 9.98. The van der Waals surface area contributed by atoms with Gasteiger partial charge in [0.2, 0.25) is 0 Å². The number of rotatable bonds is 9. The van der Waals surface area contributed by atoms with Crippen molar-refractivity contribution >= 4 is 21.9 Å². The van der Waals surface area contributed by atoms with E-state index in [4.69, 9.17) is 15.7 Å². The summed E-state index contributed by atoms with van der Waals surface area (Å²) in [5.41, 5.74) is 13.3. The van der Waals surface area contributed by atoms with Crippen molar-refractivity contribution in [3.05, 3.63) is 95.7 Å². The number of benzene rings is 2. The minimum Gasteiger partial charge on any atom is -0.361 e. The van der Waals surface area contributed by atoms with E-state index >= 15 is 0 Å². The zero-order valence-electron chi connectivity index (χ0n) is 20.7. The predicted molar refractivity (Wildman–Crippen MR) is 146 cm³/mol. The lowest BCUT2D eigenvalue weighted by Crippen LogP contribution is -2.41. The van der Waals surface area contributed by atoms with E-state index in [0.717, 1.165) is 55.5 Å². The number of nitrogens with zero attached hydrogens (tertiary/aromatic N) is 3. The fourth-order valence-electron chi connectivity index (χ4n) is 5.92. The van der Waals surface area contributed by atoms with Crippen molar-refractivity contribution in [3.8, 4) is 0 Å². The number of aryl methyl sites for hydroxylation is 1. The Bertz CT molecular complexity index is 1420. The first kappa shape index (κ1) is 23.0. The van der Waals surface area contributed by atoms with Crippen LogP contribution in [0.2, 0.25) is 0 Å². The molecule has 6 rings (SSSR count). The maximum Gasteiger partial charge on any atom is 0.108 e. The number of pyridine rings is 1. The van der Waals surface area contributed by atoms with Crippen molar-refractivity contribution in [2.75, 3.05) is 6.54 Å². The first-order chi connectivity index (χ1) is 17.8. The minimum absolute atomic E-state index is 0.274. The van der Waals surface area contributed by atoms with Gasteiger partial charge in [0.1, 0.15) is 5.82 Å². The summed E-state index contributed by atoms with van der Waals surface area (Å²) in [5.74, 6) is 1.04. The Labute approximate surface area is 212 Å². The Hall–Kier alpha value is -3.48. The van der Waals surface area contributed by atoms with Crippen LogP contribution in [0.25, 0.3) is 21.9 Å². The van der Waals surface area contributed by atoms with E-state index in [2.05, 4.69) is 75.7 Å². The van der Waals surface area contributed by atoms with Crippen molar-refractivity contribution in [3.63, 3.8) is 0 Å². The standard InChI is InChI=1S/C30H34N6/c31-16-6-10-23(18-29-34-26-13-3-4-14-27(26)35-29)36(20-22-19-33-25-12-2-1-11-24(22)25)28-15-5-8-21-9-7-17-32-30(21)28/h1-4,7,9,11-14,17,19,23,28,33H,5-6,8,10,15-16,18,20,31H2,(H,34,35). The molecule has 36 heavy (non-hydrogen) atoms. The molecule has 2 atom stereocenters. The fourth-order valence-corrected chi connectivity index (χ4v) is 5.92. The highest BCUT2D eigenvalue weighted by atomic mass is 15.2. The van der Waals surface area contributed by atoms with Gasteiger partial charge in [0, 0.05) is 42.3 Å². The number of nitrogens with two attached hydrogens (primary N) is 1. The number of fused-ring (bicyclic) bond motifs is 3. The maximum atomic E-state index is 6.04. The average molecular weight is 479 g/mol. The molecule has 6 nitrogen and oxygen atoms in total. The van der Waals surface area contributed by atoms with Crippen LogP contribution >= 0.6 is 0 Å². The lowest BCUT2D eigenvalue weighted by Gasteiger charge is -2.40. The van der Waals surface area contributed by atoms with Crippen molar-refractivity contribution in [2.24, 2.45) is 5.73 Å². The van der Waals surface area contributed by atoms with Gasteiger partial charge in [-0.25, -0.2) is 4.98 Å². The molecule has 0 saturated carbocycles. The molecule has 0 fully saturated rings. The summed E-state index contributed by atoms with van der Waals surface area (Å²) in [6.07, 6.45) is 10.4. The van der Waals surface area contributed by atoms with E-state index in [1.165, 1.54) is 34.1 Å². The third kappa shape index (κ3) is 4.54. The molecule has 0 bridgehead atoms. The minimum atomic E-state index is 0.274. The van der Waals surface area contributed by atoms with Crippen LogP contribution in [-0.2, 0) is 19.4 Å². The molecule has 6 heteroatoms. The number of imidazole rings is 1. The molecule has 0 aliphatic heterocycles. The largest absolute Gasteiger partial charge is 0.361 e. The van der Waals surface area contributed by atoms with Crippen LogP contribution in [0.5, 0.6) is 0 Å². The normalized spacial score (nSPS) is 16.6. The first-order valence-corrected chi connectivity index (χ1v) is 13.2. The molecule has 1 aliphatic carbocycles. The Kier molecular flexibility index (Phi) is 6.53. The zero-order valence-corrected chi connectivity index (χ0v) is 20.7. The van der Waals surface area contributed by atoms with Gasteiger partial charge in [-0.15, -0.1) is 0 Å². The van der Waals surface area contributed by atoms with E-state index in [9.17, 15) is 0 Å². The van der Waals surface area contributed by atoms with Crippen LogP contribution < -0.4 is 5.73 Å². The third-order valence-corrected chi connectivity index (χ3v) is 7.67.